The highest BCUT2D eigenvalue weighted by atomic mass is 16.3. The average Bonchev–Trinajstić information content (AvgIpc) is 3.64. The standard InChI is InChI=1S/C44H44N2O3/c1-42(2,3)27-21-26(39(47)34(23-27)44(7,8)9)25-45-35-19-12-10-16-32(35)41-46-38-33(22-28(43(4,5)6)24-37(38)49-41)31-18-14-17-30-29-15-11-13-20-36(29)48-40(30)31/h10-25,47H,1-9H3. The second-order valence-corrected chi connectivity index (χ2v) is 16.2. The van der Waals surface area contributed by atoms with Crippen molar-refractivity contribution in [3.63, 3.8) is 0 Å². The summed E-state index contributed by atoms with van der Waals surface area (Å²) in [5, 5.41) is 13.6. The van der Waals surface area contributed by atoms with Gasteiger partial charge in [0, 0.05) is 39.2 Å². The van der Waals surface area contributed by atoms with Gasteiger partial charge in [-0.2, -0.15) is 0 Å². The molecule has 5 nitrogen and oxygen atoms in total. The van der Waals surface area contributed by atoms with E-state index in [0.717, 1.165) is 60.8 Å². The molecule has 49 heavy (non-hydrogen) atoms. The number of aliphatic imine (C=N–C) groups is 1. The predicted molar refractivity (Wildman–Crippen MR) is 204 cm³/mol. The number of fused-ring (bicyclic) bond motifs is 4. The Kier molecular flexibility index (Phi) is 7.59. The molecule has 0 amide bonds. The molecule has 0 saturated carbocycles. The summed E-state index contributed by atoms with van der Waals surface area (Å²) in [6.07, 6.45) is 1.76. The lowest BCUT2D eigenvalue weighted by Crippen LogP contribution is -2.17. The number of phenolic OH excluding ortho intramolecular Hbond substituents is 1. The van der Waals surface area contributed by atoms with Gasteiger partial charge in [0.25, 0.3) is 0 Å². The van der Waals surface area contributed by atoms with Crippen LogP contribution in [0.5, 0.6) is 5.75 Å². The lowest BCUT2D eigenvalue weighted by Gasteiger charge is -2.27. The molecule has 0 aliphatic heterocycles. The number of oxazole rings is 1. The molecular formula is C44H44N2O3. The minimum absolute atomic E-state index is 0.0945. The molecule has 7 aromatic rings. The zero-order valence-electron chi connectivity index (χ0n) is 29.9. The van der Waals surface area contributed by atoms with Gasteiger partial charge in [-0.1, -0.05) is 117 Å². The number of rotatable bonds is 4. The Balaban J connectivity index is 1.39. The lowest BCUT2D eigenvalue weighted by molar-refractivity contribution is 0.444. The van der Waals surface area contributed by atoms with Crippen LogP contribution in [0.2, 0.25) is 0 Å². The normalized spacial score (nSPS) is 13.0. The molecule has 5 heteroatoms. The molecule has 2 aromatic heterocycles. The Morgan fingerprint density at radius 2 is 1.27 bits per heavy atom. The zero-order chi connectivity index (χ0) is 34.9. The van der Waals surface area contributed by atoms with E-state index in [1.165, 1.54) is 0 Å². The Bertz CT molecular complexity index is 2400. The van der Waals surface area contributed by atoms with Crippen LogP contribution in [-0.2, 0) is 16.2 Å². The van der Waals surface area contributed by atoms with Crippen LogP contribution in [0.1, 0.15) is 84.6 Å². The topological polar surface area (TPSA) is 71.8 Å². The van der Waals surface area contributed by atoms with Crippen molar-refractivity contribution < 1.29 is 13.9 Å². The Hall–Kier alpha value is -5.16. The second-order valence-electron chi connectivity index (χ2n) is 16.2. The third-order valence-electron chi connectivity index (χ3n) is 9.35. The number of furan rings is 1. The van der Waals surface area contributed by atoms with Crippen molar-refractivity contribution >= 4 is 44.9 Å². The molecule has 5 aromatic carbocycles. The van der Waals surface area contributed by atoms with Gasteiger partial charge in [-0.15, -0.1) is 0 Å². The van der Waals surface area contributed by atoms with Crippen molar-refractivity contribution in [1.82, 2.24) is 4.98 Å². The first kappa shape index (κ1) is 32.4. The number of para-hydroxylation sites is 3. The first-order valence-corrected chi connectivity index (χ1v) is 17.0. The van der Waals surface area contributed by atoms with Crippen LogP contribution < -0.4 is 0 Å². The first-order valence-electron chi connectivity index (χ1n) is 17.0. The van der Waals surface area contributed by atoms with Gasteiger partial charge in [-0.3, -0.25) is 4.99 Å². The molecular weight excluding hydrogens is 604 g/mol. The highest BCUT2D eigenvalue weighted by Crippen LogP contribution is 2.43. The van der Waals surface area contributed by atoms with Crippen molar-refractivity contribution in [1.29, 1.82) is 0 Å². The Morgan fingerprint density at radius 1 is 0.612 bits per heavy atom. The van der Waals surface area contributed by atoms with E-state index in [-0.39, 0.29) is 22.0 Å². The van der Waals surface area contributed by atoms with Crippen molar-refractivity contribution in [2.45, 2.75) is 78.6 Å². The van der Waals surface area contributed by atoms with Gasteiger partial charge in [-0.05, 0) is 63.8 Å². The fraction of sp³-hybridized carbons (Fsp3) is 0.273. The van der Waals surface area contributed by atoms with Crippen LogP contribution in [0.25, 0.3) is 55.6 Å². The summed E-state index contributed by atoms with van der Waals surface area (Å²) in [6.45, 7) is 19.5. The van der Waals surface area contributed by atoms with Crippen LogP contribution in [0, 0.1) is 0 Å². The molecule has 0 saturated heterocycles. The van der Waals surface area contributed by atoms with Gasteiger partial charge in [0.15, 0.2) is 5.58 Å². The van der Waals surface area contributed by atoms with Crippen LogP contribution in [0.3, 0.4) is 0 Å². The quantitative estimate of drug-likeness (QED) is 0.193. The predicted octanol–water partition coefficient (Wildman–Crippen LogP) is 12.4. The van der Waals surface area contributed by atoms with Gasteiger partial charge in [0.2, 0.25) is 5.89 Å². The average molecular weight is 649 g/mol. The summed E-state index contributed by atoms with van der Waals surface area (Å²) in [5.74, 6) is 0.734. The molecule has 0 bridgehead atoms. The highest BCUT2D eigenvalue weighted by molar-refractivity contribution is 6.11. The monoisotopic (exact) mass is 648 g/mol. The van der Waals surface area contributed by atoms with Gasteiger partial charge >= 0.3 is 0 Å². The second kappa shape index (κ2) is 11.5. The molecule has 0 aliphatic carbocycles. The molecule has 0 atom stereocenters. The molecule has 0 unspecified atom stereocenters. The third kappa shape index (κ3) is 5.92. The number of phenols is 1. The van der Waals surface area contributed by atoms with E-state index in [0.29, 0.717) is 22.7 Å². The van der Waals surface area contributed by atoms with Gasteiger partial charge in [0.1, 0.15) is 22.4 Å². The number of benzene rings is 5. The third-order valence-corrected chi connectivity index (χ3v) is 9.35. The summed E-state index contributed by atoms with van der Waals surface area (Å²) >= 11 is 0. The van der Waals surface area contributed by atoms with Crippen LogP contribution in [0.15, 0.2) is 105 Å². The largest absolute Gasteiger partial charge is 0.507 e. The SMILES string of the molecule is CC(C)(C)c1cc(C=Nc2ccccc2-c2nc3c(-c4cccc5c4oc4ccccc45)cc(C(C)(C)C)cc3o2)c(O)c(C(C)(C)C)c1. The Morgan fingerprint density at radius 3 is 2.00 bits per heavy atom. The fourth-order valence-corrected chi connectivity index (χ4v) is 6.41. The maximum absolute atomic E-state index is 11.4. The van der Waals surface area contributed by atoms with Gasteiger partial charge in [-0.25, -0.2) is 4.98 Å². The zero-order valence-corrected chi connectivity index (χ0v) is 29.9. The van der Waals surface area contributed by atoms with Gasteiger partial charge in [0.05, 0.1) is 11.3 Å². The highest BCUT2D eigenvalue weighted by Gasteiger charge is 2.26. The van der Waals surface area contributed by atoms with E-state index in [9.17, 15) is 5.11 Å². The first-order chi connectivity index (χ1) is 23.1. The molecule has 1 N–H and O–H groups in total. The Labute approximate surface area is 288 Å². The fourth-order valence-electron chi connectivity index (χ4n) is 6.41. The van der Waals surface area contributed by atoms with Crippen LogP contribution in [-0.4, -0.2) is 16.3 Å². The summed E-state index contributed by atoms with van der Waals surface area (Å²) < 4.78 is 13.1. The number of hydrogen-bond acceptors (Lipinski definition) is 5. The van der Waals surface area contributed by atoms with Gasteiger partial charge < -0.3 is 13.9 Å². The van der Waals surface area contributed by atoms with Crippen molar-refractivity contribution in [3.8, 4) is 28.3 Å². The summed E-state index contributed by atoms with van der Waals surface area (Å²) in [4.78, 5) is 10.1. The minimum atomic E-state index is -0.236. The van der Waals surface area contributed by atoms with E-state index in [1.807, 2.05) is 48.5 Å². The van der Waals surface area contributed by atoms with E-state index in [4.69, 9.17) is 18.8 Å². The number of aromatic nitrogens is 1. The van der Waals surface area contributed by atoms with Crippen LogP contribution >= 0.6 is 0 Å². The smallest absolute Gasteiger partial charge is 0.229 e. The molecule has 0 spiro atoms. The van der Waals surface area contributed by atoms with Crippen molar-refractivity contribution in [2.75, 3.05) is 0 Å². The van der Waals surface area contributed by atoms with E-state index < -0.39 is 0 Å². The summed E-state index contributed by atoms with van der Waals surface area (Å²) in [5.41, 5.74) is 9.95. The van der Waals surface area contributed by atoms with E-state index in [1.54, 1.807) is 6.21 Å². The van der Waals surface area contributed by atoms with E-state index >= 15 is 0 Å². The minimum Gasteiger partial charge on any atom is -0.507 e. The summed E-state index contributed by atoms with van der Waals surface area (Å²) in [7, 11) is 0. The number of aromatic hydroxyl groups is 1. The van der Waals surface area contributed by atoms with Crippen molar-refractivity contribution in [3.05, 3.63) is 113 Å². The molecule has 0 radical (unpaired) electrons. The summed E-state index contributed by atoms with van der Waals surface area (Å²) in [6, 6.07) is 30.8. The number of hydrogen-bond donors (Lipinski definition) is 1. The molecule has 2 heterocycles. The number of nitrogens with zero attached hydrogens (tertiary/aromatic N) is 2. The molecule has 7 rings (SSSR count). The molecule has 0 fully saturated rings. The van der Waals surface area contributed by atoms with Crippen molar-refractivity contribution in [2.24, 2.45) is 4.99 Å². The maximum atomic E-state index is 11.4. The molecule has 0 aliphatic rings. The maximum Gasteiger partial charge on any atom is 0.229 e. The van der Waals surface area contributed by atoms with E-state index in [2.05, 4.69) is 105 Å². The lowest BCUT2D eigenvalue weighted by atomic mass is 9.79. The van der Waals surface area contributed by atoms with Crippen LogP contribution in [0.4, 0.5) is 5.69 Å². The molecule has 248 valence electrons.